The predicted molar refractivity (Wildman–Crippen MR) is 68.5 cm³/mol. The summed E-state index contributed by atoms with van der Waals surface area (Å²) in [5.41, 5.74) is 0.806. The maximum atomic E-state index is 12.3. The van der Waals surface area contributed by atoms with Crippen molar-refractivity contribution in [1.82, 2.24) is 0 Å². The molecule has 0 fully saturated rings. The number of methoxy groups -OCH3 is 1. The second-order valence-electron chi connectivity index (χ2n) is 4.73. The molecule has 1 amide bonds. The zero-order valence-electron chi connectivity index (χ0n) is 10.7. The molecule has 18 heavy (non-hydrogen) atoms. The Morgan fingerprint density at radius 2 is 2.06 bits per heavy atom. The summed E-state index contributed by atoms with van der Waals surface area (Å²) in [6.45, 7) is 3.50. The number of benzene rings is 1. The number of carbonyl (C=O) groups is 2. The molecular formula is C13H16N2O3. The second kappa shape index (κ2) is 4.33. The lowest BCUT2D eigenvalue weighted by Crippen LogP contribution is -2.55. The van der Waals surface area contributed by atoms with Crippen LogP contribution in [0.2, 0.25) is 0 Å². The quantitative estimate of drug-likeness (QED) is 0.804. The van der Waals surface area contributed by atoms with Crippen molar-refractivity contribution in [2.45, 2.75) is 19.4 Å². The van der Waals surface area contributed by atoms with Gasteiger partial charge in [0.1, 0.15) is 12.1 Å². The fourth-order valence-corrected chi connectivity index (χ4v) is 2.00. The van der Waals surface area contributed by atoms with E-state index in [1.165, 1.54) is 12.0 Å². The third-order valence-electron chi connectivity index (χ3n) is 2.94. The highest BCUT2D eigenvalue weighted by Gasteiger charge is 2.39. The molecule has 5 nitrogen and oxygen atoms in total. The largest absolute Gasteiger partial charge is 0.468 e. The lowest BCUT2D eigenvalue weighted by molar-refractivity contribution is -0.140. The summed E-state index contributed by atoms with van der Waals surface area (Å²) >= 11 is 0. The summed E-state index contributed by atoms with van der Waals surface area (Å²) in [5, 5.41) is 3.16. The number of esters is 1. The average molecular weight is 248 g/mol. The van der Waals surface area contributed by atoms with Crippen LogP contribution >= 0.6 is 0 Å². The Balaban J connectivity index is 2.42. The molecule has 0 bridgehead atoms. The number of fused-ring (bicyclic) bond motifs is 1. The van der Waals surface area contributed by atoms with Crippen LogP contribution in [-0.2, 0) is 14.3 Å². The molecule has 1 aliphatic rings. The van der Waals surface area contributed by atoms with Gasteiger partial charge >= 0.3 is 5.97 Å². The summed E-state index contributed by atoms with van der Waals surface area (Å²) in [6, 6.07) is 7.40. The van der Waals surface area contributed by atoms with Gasteiger partial charge < -0.3 is 10.1 Å². The maximum Gasteiger partial charge on any atom is 0.325 e. The van der Waals surface area contributed by atoms with E-state index in [0.29, 0.717) is 5.69 Å². The minimum Gasteiger partial charge on any atom is -0.468 e. The first-order chi connectivity index (χ1) is 8.45. The number of hydrogen-bond acceptors (Lipinski definition) is 4. The van der Waals surface area contributed by atoms with Crippen molar-refractivity contribution in [3.05, 3.63) is 24.3 Å². The van der Waals surface area contributed by atoms with Crippen molar-refractivity contribution in [2.24, 2.45) is 0 Å². The molecule has 0 saturated heterocycles. The highest BCUT2D eigenvalue weighted by atomic mass is 16.5. The molecule has 1 aliphatic heterocycles. The van der Waals surface area contributed by atoms with Crippen LogP contribution in [0.3, 0.4) is 0 Å². The molecule has 1 N–H and O–H groups in total. The van der Waals surface area contributed by atoms with Crippen LogP contribution in [0, 0.1) is 0 Å². The first kappa shape index (κ1) is 12.4. The van der Waals surface area contributed by atoms with E-state index in [1.807, 2.05) is 18.2 Å². The van der Waals surface area contributed by atoms with Gasteiger partial charge in [-0.15, -0.1) is 0 Å². The molecule has 5 heteroatoms. The van der Waals surface area contributed by atoms with Crippen LogP contribution in [0.5, 0.6) is 0 Å². The molecule has 0 saturated carbocycles. The molecule has 1 aromatic carbocycles. The monoisotopic (exact) mass is 248 g/mol. The van der Waals surface area contributed by atoms with Crippen LogP contribution < -0.4 is 10.2 Å². The third-order valence-corrected chi connectivity index (χ3v) is 2.94. The van der Waals surface area contributed by atoms with E-state index in [0.717, 1.165) is 5.69 Å². The van der Waals surface area contributed by atoms with Crippen molar-refractivity contribution in [1.29, 1.82) is 0 Å². The van der Waals surface area contributed by atoms with Crippen molar-refractivity contribution in [3.63, 3.8) is 0 Å². The van der Waals surface area contributed by atoms with Crippen molar-refractivity contribution in [2.75, 3.05) is 23.9 Å². The Morgan fingerprint density at radius 3 is 2.72 bits per heavy atom. The number of ether oxygens (including phenoxy) is 1. The van der Waals surface area contributed by atoms with Gasteiger partial charge in [-0.05, 0) is 26.0 Å². The number of hydrogen-bond donors (Lipinski definition) is 1. The summed E-state index contributed by atoms with van der Waals surface area (Å²) in [7, 11) is 1.31. The molecular weight excluding hydrogens is 232 g/mol. The first-order valence-electron chi connectivity index (χ1n) is 5.71. The molecule has 0 atom stereocenters. The number of carbonyl (C=O) groups excluding carboxylic acids is 2. The van der Waals surface area contributed by atoms with Gasteiger partial charge in [0.25, 0.3) is 5.91 Å². The number of amides is 1. The van der Waals surface area contributed by atoms with E-state index in [4.69, 9.17) is 0 Å². The van der Waals surface area contributed by atoms with E-state index in [9.17, 15) is 9.59 Å². The van der Waals surface area contributed by atoms with Gasteiger partial charge in [-0.2, -0.15) is 0 Å². The fourth-order valence-electron chi connectivity index (χ4n) is 2.00. The topological polar surface area (TPSA) is 58.6 Å². The zero-order valence-corrected chi connectivity index (χ0v) is 10.7. The number of nitrogens with zero attached hydrogens (tertiary/aromatic N) is 1. The van der Waals surface area contributed by atoms with Crippen LogP contribution in [0.15, 0.2) is 24.3 Å². The molecule has 0 radical (unpaired) electrons. The Hall–Kier alpha value is -2.04. The number of anilines is 2. The normalized spacial score (nSPS) is 16.8. The first-order valence-corrected chi connectivity index (χ1v) is 5.71. The van der Waals surface area contributed by atoms with Crippen molar-refractivity contribution >= 4 is 23.3 Å². The third kappa shape index (κ3) is 2.03. The van der Waals surface area contributed by atoms with Gasteiger partial charge in [-0.25, -0.2) is 0 Å². The molecule has 1 heterocycles. The fraction of sp³-hybridized carbons (Fsp3) is 0.385. The molecule has 0 unspecified atom stereocenters. The van der Waals surface area contributed by atoms with E-state index >= 15 is 0 Å². The standard InChI is InChI=1S/C13H16N2O3/c1-13(2)12(17)15(8-11(16)18-3)10-7-5-4-6-9(10)14-13/h4-7,14H,8H2,1-3H3. The summed E-state index contributed by atoms with van der Waals surface area (Å²) in [6.07, 6.45) is 0. The van der Waals surface area contributed by atoms with Gasteiger partial charge in [0.05, 0.1) is 18.5 Å². The van der Waals surface area contributed by atoms with Crippen LogP contribution in [0.25, 0.3) is 0 Å². The van der Waals surface area contributed by atoms with Crippen molar-refractivity contribution in [3.8, 4) is 0 Å². The molecule has 96 valence electrons. The summed E-state index contributed by atoms with van der Waals surface area (Å²) < 4.78 is 4.63. The second-order valence-corrected chi connectivity index (χ2v) is 4.73. The Bertz CT molecular complexity index is 497. The Morgan fingerprint density at radius 1 is 1.39 bits per heavy atom. The lowest BCUT2D eigenvalue weighted by atomic mass is 9.98. The molecule has 0 aliphatic carbocycles. The van der Waals surface area contributed by atoms with Crippen LogP contribution in [0.4, 0.5) is 11.4 Å². The molecule has 0 spiro atoms. The molecule has 0 aromatic heterocycles. The highest BCUT2D eigenvalue weighted by Crippen LogP contribution is 2.34. The van der Waals surface area contributed by atoms with Crippen LogP contribution in [-0.4, -0.2) is 31.1 Å². The minimum absolute atomic E-state index is 0.0720. The Labute approximate surface area is 106 Å². The maximum absolute atomic E-state index is 12.3. The zero-order chi connectivity index (χ0) is 13.3. The van der Waals surface area contributed by atoms with E-state index in [1.54, 1.807) is 19.9 Å². The molecule has 2 rings (SSSR count). The number of nitrogens with one attached hydrogen (secondary N) is 1. The summed E-state index contributed by atoms with van der Waals surface area (Å²) in [4.78, 5) is 25.2. The minimum atomic E-state index is -0.734. The Kier molecular flexibility index (Phi) is 2.98. The smallest absolute Gasteiger partial charge is 0.325 e. The van der Waals surface area contributed by atoms with Crippen LogP contribution in [0.1, 0.15) is 13.8 Å². The predicted octanol–water partition coefficient (Wildman–Crippen LogP) is 1.40. The lowest BCUT2D eigenvalue weighted by Gasteiger charge is -2.39. The number of para-hydroxylation sites is 2. The summed E-state index contributed by atoms with van der Waals surface area (Å²) in [5.74, 6) is -0.581. The SMILES string of the molecule is COC(=O)CN1C(=O)C(C)(C)Nc2ccccc21. The van der Waals surface area contributed by atoms with Gasteiger partial charge in [0.2, 0.25) is 0 Å². The van der Waals surface area contributed by atoms with Crippen molar-refractivity contribution < 1.29 is 14.3 Å². The highest BCUT2D eigenvalue weighted by molar-refractivity contribution is 6.09. The number of rotatable bonds is 2. The van der Waals surface area contributed by atoms with Gasteiger partial charge in [-0.1, -0.05) is 12.1 Å². The average Bonchev–Trinajstić information content (AvgIpc) is 2.34. The van der Waals surface area contributed by atoms with E-state index in [-0.39, 0.29) is 12.5 Å². The van der Waals surface area contributed by atoms with Gasteiger partial charge in [-0.3, -0.25) is 14.5 Å². The van der Waals surface area contributed by atoms with E-state index in [2.05, 4.69) is 10.1 Å². The van der Waals surface area contributed by atoms with Gasteiger partial charge in [0, 0.05) is 0 Å². The molecule has 1 aromatic rings. The van der Waals surface area contributed by atoms with E-state index < -0.39 is 11.5 Å². The van der Waals surface area contributed by atoms with Gasteiger partial charge in [0.15, 0.2) is 0 Å².